The second-order valence-electron chi connectivity index (χ2n) is 10.7. The Morgan fingerprint density at radius 3 is 2.08 bits per heavy atom. The van der Waals surface area contributed by atoms with E-state index in [0.29, 0.717) is 28.7 Å². The van der Waals surface area contributed by atoms with Crippen molar-refractivity contribution >= 4 is 17.6 Å². The van der Waals surface area contributed by atoms with E-state index in [1.165, 1.54) is 102 Å². The van der Waals surface area contributed by atoms with Crippen LogP contribution in [0.15, 0.2) is 42.5 Å². The van der Waals surface area contributed by atoms with Gasteiger partial charge in [0.05, 0.1) is 17.2 Å². The highest BCUT2D eigenvalue weighted by atomic mass is 35.5. The van der Waals surface area contributed by atoms with Gasteiger partial charge in [0.1, 0.15) is 11.5 Å². The van der Waals surface area contributed by atoms with Crippen LogP contribution in [0.4, 0.5) is 0 Å². The Kier molecular flexibility index (Phi) is 14.0. The Hall–Kier alpha value is -2.00. The summed E-state index contributed by atoms with van der Waals surface area (Å²) in [5.41, 5.74) is 1.65. The van der Waals surface area contributed by atoms with E-state index < -0.39 is 5.97 Å². The maximum absolute atomic E-state index is 12.7. The number of benzene rings is 2. The van der Waals surface area contributed by atoms with Gasteiger partial charge in [-0.25, -0.2) is 4.79 Å². The number of hydrogen-bond donors (Lipinski definition) is 0. The van der Waals surface area contributed by atoms with Crippen molar-refractivity contribution in [1.29, 1.82) is 0 Å². The first kappa shape index (κ1) is 29.6. The van der Waals surface area contributed by atoms with Crippen molar-refractivity contribution in [2.24, 2.45) is 5.92 Å². The first-order chi connectivity index (χ1) is 18.2. The van der Waals surface area contributed by atoms with Crippen LogP contribution in [-0.2, 0) is 6.42 Å². The largest absolute Gasteiger partial charge is 0.494 e. The number of rotatable bonds is 17. The summed E-state index contributed by atoms with van der Waals surface area (Å²) in [7, 11) is 0. The van der Waals surface area contributed by atoms with Gasteiger partial charge < -0.3 is 9.47 Å². The molecule has 204 valence electrons. The van der Waals surface area contributed by atoms with Gasteiger partial charge >= 0.3 is 5.97 Å². The van der Waals surface area contributed by atoms with Gasteiger partial charge in [-0.3, -0.25) is 0 Å². The number of halogens is 1. The zero-order valence-electron chi connectivity index (χ0n) is 22.9. The molecule has 0 unspecified atom stereocenters. The fourth-order valence-electron chi connectivity index (χ4n) is 5.26. The quantitative estimate of drug-likeness (QED) is 0.117. The van der Waals surface area contributed by atoms with E-state index in [-0.39, 0.29) is 0 Å². The third kappa shape index (κ3) is 11.5. The molecule has 0 N–H and O–H groups in total. The lowest BCUT2D eigenvalue weighted by Crippen LogP contribution is -2.09. The van der Waals surface area contributed by atoms with Gasteiger partial charge in [-0.15, -0.1) is 0 Å². The van der Waals surface area contributed by atoms with Crippen molar-refractivity contribution in [2.75, 3.05) is 6.61 Å². The van der Waals surface area contributed by atoms with Gasteiger partial charge in [-0.2, -0.15) is 0 Å². The average molecular weight is 527 g/mol. The van der Waals surface area contributed by atoms with Gasteiger partial charge in [-0.05, 0) is 61.1 Å². The molecule has 1 aliphatic carbocycles. The van der Waals surface area contributed by atoms with Crippen molar-refractivity contribution in [3.05, 3.63) is 58.6 Å². The van der Waals surface area contributed by atoms with E-state index in [9.17, 15) is 4.79 Å². The number of carbonyl (C=O) groups is 1. The summed E-state index contributed by atoms with van der Waals surface area (Å²) in [6, 6.07) is 13.1. The molecular weight excluding hydrogens is 480 g/mol. The summed E-state index contributed by atoms with van der Waals surface area (Å²) >= 11 is 6.39. The van der Waals surface area contributed by atoms with Crippen LogP contribution < -0.4 is 9.47 Å². The van der Waals surface area contributed by atoms with E-state index >= 15 is 0 Å². The molecule has 3 nitrogen and oxygen atoms in total. The first-order valence-corrected chi connectivity index (χ1v) is 15.3. The van der Waals surface area contributed by atoms with Crippen molar-refractivity contribution < 1.29 is 14.3 Å². The number of aryl methyl sites for hydroxylation is 1. The number of ether oxygens (including phenoxy) is 2. The molecular formula is C33H47ClO3. The molecule has 1 saturated carbocycles. The van der Waals surface area contributed by atoms with Crippen molar-refractivity contribution in [3.63, 3.8) is 0 Å². The molecule has 0 spiro atoms. The zero-order chi connectivity index (χ0) is 26.1. The standard InChI is InChI=1S/C33H47ClO3/c1-2-3-4-5-6-7-8-9-10-14-25-36-30-23-24-31(32(34)26-30)33(35)37-29-21-19-28(20-22-29)18-17-27-15-12-11-13-16-27/h19-24,26-27H,2-18,25H2,1H3. The molecule has 0 heterocycles. The molecule has 0 amide bonds. The predicted octanol–water partition coefficient (Wildman–Crippen LogP) is 10.4. The van der Waals surface area contributed by atoms with Crippen molar-refractivity contribution in [2.45, 2.75) is 116 Å². The smallest absolute Gasteiger partial charge is 0.345 e. The van der Waals surface area contributed by atoms with Gasteiger partial charge in [0.15, 0.2) is 0 Å². The summed E-state index contributed by atoms with van der Waals surface area (Å²) in [6.45, 7) is 2.93. The summed E-state index contributed by atoms with van der Waals surface area (Å²) in [6.07, 6.45) is 22.2. The Morgan fingerprint density at radius 1 is 0.811 bits per heavy atom. The maximum atomic E-state index is 12.7. The second kappa shape index (κ2) is 17.5. The molecule has 4 heteroatoms. The van der Waals surface area contributed by atoms with E-state index in [4.69, 9.17) is 21.1 Å². The summed E-state index contributed by atoms with van der Waals surface area (Å²) in [5.74, 6) is 1.67. The average Bonchev–Trinajstić information content (AvgIpc) is 2.92. The van der Waals surface area contributed by atoms with Crippen LogP contribution in [0, 0.1) is 5.92 Å². The lowest BCUT2D eigenvalue weighted by atomic mass is 9.85. The lowest BCUT2D eigenvalue weighted by Gasteiger charge is -2.21. The molecule has 0 saturated heterocycles. The molecule has 0 aromatic heterocycles. The van der Waals surface area contributed by atoms with Crippen LogP contribution in [-0.4, -0.2) is 12.6 Å². The molecule has 1 fully saturated rings. The van der Waals surface area contributed by atoms with Crippen molar-refractivity contribution in [3.8, 4) is 11.5 Å². The van der Waals surface area contributed by atoms with Crippen LogP contribution >= 0.6 is 11.6 Å². The number of carbonyl (C=O) groups excluding carboxylic acids is 1. The molecule has 3 rings (SSSR count). The van der Waals surface area contributed by atoms with Gasteiger partial charge in [-0.1, -0.05) is 121 Å². The monoisotopic (exact) mass is 526 g/mol. The minimum atomic E-state index is -0.443. The molecule has 0 bridgehead atoms. The van der Waals surface area contributed by atoms with Gasteiger partial charge in [0.2, 0.25) is 0 Å². The van der Waals surface area contributed by atoms with Crippen molar-refractivity contribution in [1.82, 2.24) is 0 Å². The Balaban J connectivity index is 1.32. The summed E-state index contributed by atoms with van der Waals surface area (Å²) in [4.78, 5) is 12.7. The predicted molar refractivity (Wildman–Crippen MR) is 155 cm³/mol. The summed E-state index contributed by atoms with van der Waals surface area (Å²) in [5, 5.41) is 0.356. The molecule has 37 heavy (non-hydrogen) atoms. The van der Waals surface area contributed by atoms with E-state index in [0.717, 1.165) is 18.8 Å². The van der Waals surface area contributed by atoms with Crippen LogP contribution in [0.1, 0.15) is 126 Å². The van der Waals surface area contributed by atoms with E-state index in [1.807, 2.05) is 12.1 Å². The van der Waals surface area contributed by atoms with Crippen LogP contribution in [0.3, 0.4) is 0 Å². The molecule has 2 aromatic rings. The Morgan fingerprint density at radius 2 is 1.43 bits per heavy atom. The third-order valence-corrected chi connectivity index (χ3v) is 7.94. The lowest BCUT2D eigenvalue weighted by molar-refractivity contribution is 0.0735. The molecule has 0 atom stereocenters. The summed E-state index contributed by atoms with van der Waals surface area (Å²) < 4.78 is 11.4. The Bertz CT molecular complexity index is 902. The fraction of sp³-hybridized carbons (Fsp3) is 0.606. The Labute approximate surface area is 230 Å². The minimum Gasteiger partial charge on any atom is -0.494 e. The fourth-order valence-corrected chi connectivity index (χ4v) is 5.51. The molecule has 0 aliphatic heterocycles. The third-order valence-electron chi connectivity index (χ3n) is 7.63. The highest BCUT2D eigenvalue weighted by Gasteiger charge is 2.15. The van der Waals surface area contributed by atoms with Gasteiger partial charge in [0.25, 0.3) is 0 Å². The van der Waals surface area contributed by atoms with Gasteiger partial charge in [0, 0.05) is 0 Å². The zero-order valence-corrected chi connectivity index (χ0v) is 23.7. The number of unbranched alkanes of at least 4 members (excludes halogenated alkanes) is 9. The first-order valence-electron chi connectivity index (χ1n) is 14.9. The minimum absolute atomic E-state index is 0.356. The van der Waals surface area contributed by atoms with Crippen LogP contribution in [0.2, 0.25) is 5.02 Å². The molecule has 0 radical (unpaired) electrons. The maximum Gasteiger partial charge on any atom is 0.345 e. The van der Waals surface area contributed by atoms with Crippen LogP contribution in [0.25, 0.3) is 0 Å². The van der Waals surface area contributed by atoms with Crippen LogP contribution in [0.5, 0.6) is 11.5 Å². The molecule has 1 aliphatic rings. The normalized spacial score (nSPS) is 14.0. The SMILES string of the molecule is CCCCCCCCCCCCOc1ccc(C(=O)Oc2ccc(CCC3CCCCC3)cc2)c(Cl)c1. The van der Waals surface area contributed by atoms with E-state index in [1.54, 1.807) is 18.2 Å². The number of hydrogen-bond acceptors (Lipinski definition) is 3. The number of esters is 1. The van der Waals surface area contributed by atoms with E-state index in [2.05, 4.69) is 19.1 Å². The highest BCUT2D eigenvalue weighted by Crippen LogP contribution is 2.28. The topological polar surface area (TPSA) is 35.5 Å². The highest BCUT2D eigenvalue weighted by molar-refractivity contribution is 6.33. The second-order valence-corrected chi connectivity index (χ2v) is 11.2. The molecule has 2 aromatic carbocycles.